The van der Waals surface area contributed by atoms with E-state index in [0.717, 1.165) is 41.7 Å². The summed E-state index contributed by atoms with van der Waals surface area (Å²) in [6.45, 7) is 8.60. The Labute approximate surface area is 191 Å². The maximum atomic E-state index is 14.5. The van der Waals surface area contributed by atoms with Gasteiger partial charge in [0.1, 0.15) is 5.82 Å². The molecule has 2 aliphatic heterocycles. The quantitative estimate of drug-likeness (QED) is 0.611. The Hall–Kier alpha value is -2.61. The van der Waals surface area contributed by atoms with Crippen LogP contribution in [0.4, 0.5) is 28.9 Å². The number of nitrogens with zero attached hydrogens (tertiary/aromatic N) is 3. The highest BCUT2D eigenvalue weighted by atomic mass is 19.4. The van der Waals surface area contributed by atoms with Crippen molar-refractivity contribution in [2.75, 3.05) is 36.5 Å². The molecule has 33 heavy (non-hydrogen) atoms. The van der Waals surface area contributed by atoms with Gasteiger partial charge in [-0.25, -0.2) is 4.39 Å². The lowest BCUT2D eigenvalue weighted by molar-refractivity contribution is -0.140. The van der Waals surface area contributed by atoms with Crippen LogP contribution in [-0.4, -0.2) is 49.6 Å². The third-order valence-corrected chi connectivity index (χ3v) is 7.02. The van der Waals surface area contributed by atoms with E-state index in [1.807, 2.05) is 6.07 Å². The first kappa shape index (κ1) is 23.5. The number of benzene rings is 2. The van der Waals surface area contributed by atoms with Crippen LogP contribution in [0.15, 0.2) is 30.3 Å². The van der Waals surface area contributed by atoms with Crippen molar-refractivity contribution in [3.8, 4) is 0 Å². The molecule has 0 N–H and O–H groups in total. The Morgan fingerprint density at radius 2 is 1.76 bits per heavy atom. The minimum atomic E-state index is -4.80. The monoisotopic (exact) mass is 463 g/mol. The molecule has 1 amide bonds. The van der Waals surface area contributed by atoms with E-state index in [1.54, 1.807) is 4.90 Å². The van der Waals surface area contributed by atoms with E-state index < -0.39 is 29.9 Å². The average Bonchev–Trinajstić information content (AvgIpc) is 3.14. The molecule has 0 saturated carbocycles. The fourth-order valence-corrected chi connectivity index (χ4v) is 4.94. The number of alkyl halides is 3. The average molecular weight is 464 g/mol. The second-order valence-electron chi connectivity index (χ2n) is 9.28. The first-order valence-electron chi connectivity index (χ1n) is 11.2. The van der Waals surface area contributed by atoms with Crippen LogP contribution >= 0.6 is 0 Å². The van der Waals surface area contributed by atoms with Crippen LogP contribution in [0, 0.1) is 12.7 Å². The molecule has 178 valence electrons. The zero-order valence-corrected chi connectivity index (χ0v) is 19.3. The molecule has 8 heteroatoms. The van der Waals surface area contributed by atoms with Crippen molar-refractivity contribution in [1.82, 2.24) is 4.90 Å². The first-order chi connectivity index (χ1) is 15.5. The van der Waals surface area contributed by atoms with Gasteiger partial charge in [0.15, 0.2) is 0 Å². The Morgan fingerprint density at radius 3 is 2.39 bits per heavy atom. The van der Waals surface area contributed by atoms with E-state index in [1.165, 1.54) is 6.07 Å². The molecule has 2 atom stereocenters. The number of halogens is 4. The molecule has 1 fully saturated rings. The largest absolute Gasteiger partial charge is 0.419 e. The molecule has 2 aromatic carbocycles. The Bertz CT molecular complexity index is 1060. The lowest BCUT2D eigenvalue weighted by atomic mass is 10.0. The van der Waals surface area contributed by atoms with Crippen LogP contribution in [0.25, 0.3) is 0 Å². The summed E-state index contributed by atoms with van der Waals surface area (Å²) in [6, 6.07) is 7.95. The summed E-state index contributed by atoms with van der Waals surface area (Å²) in [7, 11) is 2.12. The van der Waals surface area contributed by atoms with Gasteiger partial charge < -0.3 is 9.80 Å². The maximum Gasteiger partial charge on any atom is 0.419 e. The molecule has 2 heterocycles. The van der Waals surface area contributed by atoms with Gasteiger partial charge in [-0.1, -0.05) is 18.2 Å². The molecule has 0 spiro atoms. The van der Waals surface area contributed by atoms with Gasteiger partial charge in [-0.05, 0) is 63.1 Å². The summed E-state index contributed by atoms with van der Waals surface area (Å²) in [5.41, 5.74) is 2.42. The van der Waals surface area contributed by atoms with Crippen molar-refractivity contribution in [3.05, 3.63) is 58.4 Å². The summed E-state index contributed by atoms with van der Waals surface area (Å²) in [5.74, 6) is -1.77. The molecular formula is C25H29F4N3O. The summed E-state index contributed by atoms with van der Waals surface area (Å²) in [4.78, 5) is 19.3. The van der Waals surface area contributed by atoms with Crippen molar-refractivity contribution in [1.29, 1.82) is 0 Å². The number of anilines is 2. The van der Waals surface area contributed by atoms with Gasteiger partial charge in [-0.2, -0.15) is 13.2 Å². The molecule has 0 aliphatic carbocycles. The number of piperazine rings is 1. The molecule has 4 nitrogen and oxygen atoms in total. The van der Waals surface area contributed by atoms with Crippen molar-refractivity contribution in [2.45, 2.75) is 51.9 Å². The summed E-state index contributed by atoms with van der Waals surface area (Å²) in [6.07, 6.45) is -4.55. The number of hydrogen-bond donors (Lipinski definition) is 0. The normalized spacial score (nSPS) is 21.5. The van der Waals surface area contributed by atoms with E-state index in [9.17, 15) is 22.4 Å². The van der Waals surface area contributed by atoms with E-state index in [-0.39, 0.29) is 5.56 Å². The SMILES string of the molecule is Cc1cc2c(cc1N1C[C@@H](C)N(C)[C@@H](C)C1)N(C(=O)Cc1cccc(C(F)(F)F)c1F)CC2. The number of aryl methyl sites for hydroxylation is 1. The highest BCUT2D eigenvalue weighted by molar-refractivity contribution is 5.97. The second kappa shape index (κ2) is 8.63. The highest BCUT2D eigenvalue weighted by Gasteiger charge is 2.36. The van der Waals surface area contributed by atoms with Crippen LogP contribution in [-0.2, 0) is 23.8 Å². The predicted molar refractivity (Wildman–Crippen MR) is 121 cm³/mol. The number of fused-ring (bicyclic) bond motifs is 1. The molecular weight excluding hydrogens is 434 g/mol. The molecule has 1 saturated heterocycles. The van der Waals surface area contributed by atoms with Crippen LogP contribution < -0.4 is 9.80 Å². The van der Waals surface area contributed by atoms with E-state index in [4.69, 9.17) is 0 Å². The lowest BCUT2D eigenvalue weighted by Crippen LogP contribution is -2.55. The maximum absolute atomic E-state index is 14.5. The fraction of sp³-hybridized carbons (Fsp3) is 0.480. The van der Waals surface area contributed by atoms with Gasteiger partial charge in [0, 0.05) is 43.1 Å². The minimum Gasteiger partial charge on any atom is -0.368 e. The third-order valence-electron chi connectivity index (χ3n) is 7.02. The first-order valence-corrected chi connectivity index (χ1v) is 11.2. The molecule has 4 rings (SSSR count). The molecule has 2 aliphatic rings. The summed E-state index contributed by atoms with van der Waals surface area (Å²) in [5, 5.41) is 0. The Balaban J connectivity index is 1.60. The van der Waals surface area contributed by atoms with Crippen LogP contribution in [0.5, 0.6) is 0 Å². The summed E-state index contributed by atoms with van der Waals surface area (Å²) >= 11 is 0. The smallest absolute Gasteiger partial charge is 0.368 e. The number of likely N-dealkylation sites (N-methyl/N-ethyl adjacent to an activating group) is 1. The number of carbonyl (C=O) groups excluding carboxylic acids is 1. The van der Waals surface area contributed by atoms with Crippen molar-refractivity contribution in [2.24, 2.45) is 0 Å². The van der Waals surface area contributed by atoms with Crippen molar-refractivity contribution >= 4 is 17.3 Å². The Kier molecular flexibility index (Phi) is 6.16. The molecule has 0 unspecified atom stereocenters. The minimum absolute atomic E-state index is 0.239. The second-order valence-corrected chi connectivity index (χ2v) is 9.28. The Morgan fingerprint density at radius 1 is 1.09 bits per heavy atom. The van der Waals surface area contributed by atoms with E-state index in [2.05, 4.69) is 43.7 Å². The molecule has 0 aromatic heterocycles. The van der Waals surface area contributed by atoms with Gasteiger partial charge in [-0.3, -0.25) is 9.69 Å². The molecule has 0 bridgehead atoms. The fourth-order valence-electron chi connectivity index (χ4n) is 4.94. The van der Waals surface area contributed by atoms with Crippen LogP contribution in [0.3, 0.4) is 0 Å². The van der Waals surface area contributed by atoms with E-state index >= 15 is 0 Å². The summed E-state index contributed by atoms with van der Waals surface area (Å²) < 4.78 is 53.7. The number of amides is 1. The van der Waals surface area contributed by atoms with E-state index in [0.29, 0.717) is 31.1 Å². The van der Waals surface area contributed by atoms with Crippen molar-refractivity contribution in [3.63, 3.8) is 0 Å². The highest BCUT2D eigenvalue weighted by Crippen LogP contribution is 2.37. The zero-order chi connectivity index (χ0) is 24.1. The van der Waals surface area contributed by atoms with Gasteiger partial charge in [-0.15, -0.1) is 0 Å². The lowest BCUT2D eigenvalue weighted by Gasteiger charge is -2.44. The standard InChI is InChI=1S/C25H29F4N3O/c1-15-10-18-8-9-32(22(18)12-21(15)31-13-16(2)30(4)17(3)14-31)23(33)11-19-6-5-7-20(24(19)26)25(27,28)29/h5-7,10,12,16-17H,8-9,11,13-14H2,1-4H3/t16-,17+. The van der Waals surface area contributed by atoms with Gasteiger partial charge in [0.25, 0.3) is 0 Å². The van der Waals surface area contributed by atoms with Gasteiger partial charge >= 0.3 is 6.18 Å². The number of carbonyl (C=O) groups is 1. The van der Waals surface area contributed by atoms with Gasteiger partial charge in [0.2, 0.25) is 5.91 Å². The topological polar surface area (TPSA) is 26.8 Å². The van der Waals surface area contributed by atoms with Gasteiger partial charge in [0.05, 0.1) is 12.0 Å². The van der Waals surface area contributed by atoms with Crippen molar-refractivity contribution < 1.29 is 22.4 Å². The predicted octanol–water partition coefficient (Wildman–Crippen LogP) is 4.81. The number of rotatable bonds is 3. The third kappa shape index (κ3) is 4.45. The molecule has 2 aromatic rings. The molecule has 0 radical (unpaired) electrons. The number of hydrogen-bond acceptors (Lipinski definition) is 3. The van der Waals surface area contributed by atoms with Crippen LogP contribution in [0.1, 0.15) is 36.1 Å². The van der Waals surface area contributed by atoms with Crippen LogP contribution in [0.2, 0.25) is 0 Å². The zero-order valence-electron chi connectivity index (χ0n) is 19.3.